The average Bonchev–Trinajstić information content (AvgIpc) is 2.06. The lowest BCUT2D eigenvalue weighted by Gasteiger charge is -2.04. The van der Waals surface area contributed by atoms with Crippen LogP contribution in [0, 0.1) is 0 Å². The summed E-state index contributed by atoms with van der Waals surface area (Å²) in [4.78, 5) is 19.1. The fourth-order valence-corrected chi connectivity index (χ4v) is 1.04. The molecule has 1 aromatic rings. The van der Waals surface area contributed by atoms with Crippen molar-refractivity contribution in [3.05, 3.63) is 23.9 Å². The standard InChI is InChI=1S/C8H6N2O/c11-7-3-5-10-8-6(7)2-1-4-9-8/h1-2,4-5H,3H2. The lowest BCUT2D eigenvalue weighted by molar-refractivity contribution is 0.100. The predicted molar refractivity (Wildman–Crippen MR) is 41.3 cm³/mol. The van der Waals surface area contributed by atoms with Crippen LogP contribution in [0.4, 0.5) is 5.82 Å². The number of carbonyl (C=O) groups excluding carboxylic acids is 1. The largest absolute Gasteiger partial charge is 0.294 e. The highest BCUT2D eigenvalue weighted by atomic mass is 16.1. The molecule has 0 unspecified atom stereocenters. The first kappa shape index (κ1) is 6.22. The van der Waals surface area contributed by atoms with E-state index in [1.54, 1.807) is 24.5 Å². The zero-order valence-corrected chi connectivity index (χ0v) is 5.82. The molecule has 0 saturated carbocycles. The molecule has 3 heteroatoms. The van der Waals surface area contributed by atoms with Crippen LogP contribution in [-0.4, -0.2) is 17.0 Å². The van der Waals surface area contributed by atoms with E-state index in [-0.39, 0.29) is 5.78 Å². The Bertz CT molecular complexity index is 331. The first-order valence-electron chi connectivity index (χ1n) is 3.38. The highest BCUT2D eigenvalue weighted by Gasteiger charge is 2.13. The topological polar surface area (TPSA) is 42.3 Å². The van der Waals surface area contributed by atoms with Gasteiger partial charge in [0, 0.05) is 18.8 Å². The van der Waals surface area contributed by atoms with Gasteiger partial charge < -0.3 is 0 Å². The van der Waals surface area contributed by atoms with E-state index in [0.29, 0.717) is 17.8 Å². The summed E-state index contributed by atoms with van der Waals surface area (Å²) in [6, 6.07) is 3.50. The van der Waals surface area contributed by atoms with Gasteiger partial charge in [0.05, 0.1) is 5.56 Å². The fourth-order valence-electron chi connectivity index (χ4n) is 1.04. The van der Waals surface area contributed by atoms with E-state index < -0.39 is 0 Å². The molecule has 0 radical (unpaired) electrons. The lowest BCUT2D eigenvalue weighted by Crippen LogP contribution is -2.04. The van der Waals surface area contributed by atoms with Crippen molar-refractivity contribution in [2.24, 2.45) is 4.99 Å². The van der Waals surface area contributed by atoms with Crippen LogP contribution in [0.1, 0.15) is 16.8 Å². The number of nitrogens with zero attached hydrogens (tertiary/aromatic N) is 2. The van der Waals surface area contributed by atoms with Gasteiger partial charge in [-0.25, -0.2) is 9.98 Å². The van der Waals surface area contributed by atoms with E-state index in [4.69, 9.17) is 0 Å². The van der Waals surface area contributed by atoms with Crippen LogP contribution in [0.2, 0.25) is 0 Å². The second-order valence-electron chi connectivity index (χ2n) is 2.31. The van der Waals surface area contributed by atoms with Gasteiger partial charge in [-0.2, -0.15) is 0 Å². The van der Waals surface area contributed by atoms with Crippen molar-refractivity contribution in [1.82, 2.24) is 4.98 Å². The smallest absolute Gasteiger partial charge is 0.171 e. The van der Waals surface area contributed by atoms with Gasteiger partial charge in [0.25, 0.3) is 0 Å². The monoisotopic (exact) mass is 146 g/mol. The second-order valence-corrected chi connectivity index (χ2v) is 2.31. The minimum atomic E-state index is 0.100. The molecule has 0 bridgehead atoms. The molecule has 0 amide bonds. The molecule has 2 rings (SSSR count). The molecule has 1 aliphatic rings. The van der Waals surface area contributed by atoms with Crippen LogP contribution in [0.25, 0.3) is 0 Å². The molecule has 1 aliphatic heterocycles. The normalized spacial score (nSPS) is 14.7. The Morgan fingerprint density at radius 1 is 1.45 bits per heavy atom. The summed E-state index contributed by atoms with van der Waals surface area (Å²) in [5.74, 6) is 0.645. The van der Waals surface area contributed by atoms with Gasteiger partial charge in [0.15, 0.2) is 11.6 Å². The third-order valence-electron chi connectivity index (χ3n) is 1.58. The molecule has 0 aliphatic carbocycles. The van der Waals surface area contributed by atoms with Gasteiger partial charge in [0.2, 0.25) is 0 Å². The Morgan fingerprint density at radius 2 is 2.36 bits per heavy atom. The molecule has 0 saturated heterocycles. The van der Waals surface area contributed by atoms with Gasteiger partial charge in [0.1, 0.15) is 0 Å². The van der Waals surface area contributed by atoms with Crippen LogP contribution < -0.4 is 0 Å². The predicted octanol–water partition coefficient (Wildman–Crippen LogP) is 1.37. The highest BCUT2D eigenvalue weighted by Crippen LogP contribution is 2.19. The maximum Gasteiger partial charge on any atom is 0.171 e. The van der Waals surface area contributed by atoms with Crippen molar-refractivity contribution in [2.45, 2.75) is 6.42 Å². The molecule has 3 nitrogen and oxygen atoms in total. The Balaban J connectivity index is 2.63. The molecule has 0 atom stereocenters. The minimum Gasteiger partial charge on any atom is -0.294 e. The molecule has 2 heterocycles. The number of hydrogen-bond acceptors (Lipinski definition) is 3. The maximum atomic E-state index is 11.2. The van der Waals surface area contributed by atoms with Crippen molar-refractivity contribution < 1.29 is 4.79 Å². The van der Waals surface area contributed by atoms with Gasteiger partial charge in [-0.3, -0.25) is 4.79 Å². The first-order valence-corrected chi connectivity index (χ1v) is 3.38. The third-order valence-corrected chi connectivity index (χ3v) is 1.58. The van der Waals surface area contributed by atoms with Gasteiger partial charge in [-0.1, -0.05) is 0 Å². The number of ketones is 1. The van der Waals surface area contributed by atoms with E-state index >= 15 is 0 Å². The summed E-state index contributed by atoms with van der Waals surface area (Å²) in [7, 11) is 0. The minimum absolute atomic E-state index is 0.100. The Kier molecular flexibility index (Phi) is 1.28. The van der Waals surface area contributed by atoms with Crippen LogP contribution in [0.5, 0.6) is 0 Å². The molecule has 0 N–H and O–H groups in total. The zero-order chi connectivity index (χ0) is 7.68. The van der Waals surface area contributed by atoms with Crippen molar-refractivity contribution in [3.63, 3.8) is 0 Å². The van der Waals surface area contributed by atoms with Crippen molar-refractivity contribution in [1.29, 1.82) is 0 Å². The fraction of sp³-hybridized carbons (Fsp3) is 0.125. The molecule has 0 spiro atoms. The number of carbonyl (C=O) groups is 1. The van der Waals surface area contributed by atoms with E-state index in [0.717, 1.165) is 0 Å². The molecule has 54 valence electrons. The second kappa shape index (κ2) is 2.27. The van der Waals surface area contributed by atoms with Crippen LogP contribution in [-0.2, 0) is 0 Å². The summed E-state index contributed by atoms with van der Waals surface area (Å²) in [6.07, 6.45) is 3.63. The first-order chi connectivity index (χ1) is 5.38. The number of fused-ring (bicyclic) bond motifs is 1. The Hall–Kier alpha value is -1.51. The van der Waals surface area contributed by atoms with Crippen LogP contribution in [0.3, 0.4) is 0 Å². The molecule has 0 fully saturated rings. The van der Waals surface area contributed by atoms with Crippen molar-refractivity contribution in [3.8, 4) is 0 Å². The SMILES string of the molecule is O=C1CC=Nc2ncccc21. The number of rotatable bonds is 0. The van der Waals surface area contributed by atoms with E-state index in [2.05, 4.69) is 9.98 Å². The van der Waals surface area contributed by atoms with E-state index in [1.165, 1.54) is 0 Å². The Morgan fingerprint density at radius 3 is 3.18 bits per heavy atom. The molecular weight excluding hydrogens is 140 g/mol. The van der Waals surface area contributed by atoms with Crippen molar-refractivity contribution >= 4 is 17.8 Å². The van der Waals surface area contributed by atoms with Gasteiger partial charge in [-0.15, -0.1) is 0 Å². The Labute approximate surface area is 63.8 Å². The summed E-state index contributed by atoms with van der Waals surface area (Å²) in [5, 5.41) is 0. The van der Waals surface area contributed by atoms with E-state index in [1.807, 2.05) is 0 Å². The average molecular weight is 146 g/mol. The summed E-state index contributed by atoms with van der Waals surface area (Å²) >= 11 is 0. The van der Waals surface area contributed by atoms with Crippen LogP contribution in [0.15, 0.2) is 23.3 Å². The molecule has 11 heavy (non-hydrogen) atoms. The van der Waals surface area contributed by atoms with E-state index in [9.17, 15) is 4.79 Å². The van der Waals surface area contributed by atoms with Gasteiger partial charge >= 0.3 is 0 Å². The number of aliphatic imine (C=N–C) groups is 1. The van der Waals surface area contributed by atoms with Crippen molar-refractivity contribution in [2.75, 3.05) is 0 Å². The number of pyridine rings is 1. The summed E-state index contributed by atoms with van der Waals surface area (Å²) < 4.78 is 0. The zero-order valence-electron chi connectivity index (χ0n) is 5.82. The lowest BCUT2D eigenvalue weighted by atomic mass is 10.1. The molecular formula is C8H6N2O. The highest BCUT2D eigenvalue weighted by molar-refractivity contribution is 6.09. The number of Topliss-reactive ketones (excluding diaryl/α,β-unsaturated/α-hetero) is 1. The molecule has 0 aromatic carbocycles. The summed E-state index contributed by atoms with van der Waals surface area (Å²) in [5.41, 5.74) is 0.634. The number of hydrogen-bond donors (Lipinski definition) is 0. The van der Waals surface area contributed by atoms with Crippen LogP contribution >= 0.6 is 0 Å². The third kappa shape index (κ3) is 0.941. The van der Waals surface area contributed by atoms with Gasteiger partial charge in [-0.05, 0) is 12.1 Å². The summed E-state index contributed by atoms with van der Waals surface area (Å²) in [6.45, 7) is 0. The number of aromatic nitrogens is 1. The quantitative estimate of drug-likeness (QED) is 0.554. The maximum absolute atomic E-state index is 11.2. The molecule has 1 aromatic heterocycles.